The number of aliphatic carboxylic acids is 5. The highest BCUT2D eigenvalue weighted by molar-refractivity contribution is 7.99. The van der Waals surface area contributed by atoms with Crippen LogP contribution in [0.4, 0.5) is 5.69 Å². The highest BCUT2D eigenvalue weighted by atomic mass is 32.2. The van der Waals surface area contributed by atoms with Crippen molar-refractivity contribution in [2.75, 3.05) is 108 Å². The van der Waals surface area contributed by atoms with Crippen molar-refractivity contribution in [3.05, 3.63) is 101 Å². The number of nitrogens with zero attached hydrogens (tertiary/aromatic N) is 5. The van der Waals surface area contributed by atoms with Gasteiger partial charge >= 0.3 is 29.8 Å². The summed E-state index contributed by atoms with van der Waals surface area (Å²) in [6.07, 6.45) is -6.60. The monoisotopic (exact) mass is 1950 g/mol. The smallest absolute Gasteiger partial charge is 0.317 e. The van der Waals surface area contributed by atoms with Crippen molar-refractivity contribution in [1.29, 1.82) is 0 Å². The van der Waals surface area contributed by atoms with Gasteiger partial charge in [-0.15, -0.1) is 11.8 Å². The van der Waals surface area contributed by atoms with Gasteiger partial charge in [0.05, 0.1) is 44.5 Å². The first-order valence-electron chi connectivity index (χ1n) is 43.7. The predicted octanol–water partition coefficient (Wildman–Crippen LogP) is -5.43. The number of carboxylic acids is 5. The Labute approximate surface area is 784 Å². The second-order valence-corrected chi connectivity index (χ2v) is 37.5. The third-order valence-electron chi connectivity index (χ3n) is 22.3. The van der Waals surface area contributed by atoms with Gasteiger partial charge in [-0.2, -0.15) is 11.8 Å². The number of para-hydroxylation sites is 1. The molecular formula is C85H118N20O27S3. The number of nitrogens with two attached hydrogens (primary N) is 2. The average molecular weight is 1950 g/mol. The fourth-order valence-electron chi connectivity index (χ4n) is 15.4. The quantitative estimate of drug-likeness (QED) is 0.0265. The second-order valence-electron chi connectivity index (χ2n) is 33.7. The first-order chi connectivity index (χ1) is 63.9. The fraction of sp³-hybridized carbons (Fsp3) is 0.541. The van der Waals surface area contributed by atoms with E-state index in [4.69, 9.17) is 10.9 Å². The van der Waals surface area contributed by atoms with Crippen LogP contribution in [0.3, 0.4) is 0 Å². The molecule has 47 nitrogen and oxygen atoms in total. The Morgan fingerprint density at radius 2 is 1.12 bits per heavy atom. The number of hydrogen-bond acceptors (Lipinski definition) is 28. The number of nitrogens with one attached hydrogen (secondary N) is 13. The SMILES string of the molecule is CC(C)C[C@@H]1NC(=O)[C@H](Cc2cccc(NC(=O)CCCS(N)(=O)=O)c2)NC(=O)[C@H](CC(=O)O)NC(=O)[C@H]2CCCN2C(=O)[C@H](CCC(=O)O)NC(=O)[C@H]2NC(=O)[C@@H](NC(=O)CN3CCN(CC(=O)O)CCN(CC(=O)O)CCN(CC(=O)O)CC3)CCC(=O)NC[C@H](NC(=O)[C@H](Cc3c[nH]c4ccccc34)NC(=O)[C@H]([C@@H](C)O)NC1=O)C(=O)N[C@H](C(N)=O)CSCc1cccc(c1)CS2. The number of aromatic amines is 1. The first kappa shape index (κ1) is 108. The van der Waals surface area contributed by atoms with Gasteiger partial charge in [0, 0.05) is 138 Å². The minimum atomic E-state index is -3.96. The molecule has 3 fully saturated rings. The van der Waals surface area contributed by atoms with Crippen molar-refractivity contribution in [2.45, 2.75) is 181 Å². The van der Waals surface area contributed by atoms with E-state index in [2.05, 4.69) is 68.8 Å². The molecule has 0 saturated carbocycles. The first-order valence-corrected chi connectivity index (χ1v) is 47.6. The molecule has 135 heavy (non-hydrogen) atoms. The summed E-state index contributed by atoms with van der Waals surface area (Å²) in [5.41, 5.74) is 8.12. The summed E-state index contributed by atoms with van der Waals surface area (Å²) >= 11 is 1.82. The van der Waals surface area contributed by atoms with Crippen molar-refractivity contribution in [3.63, 3.8) is 0 Å². The average Bonchev–Trinajstić information content (AvgIpc) is 1.70. The van der Waals surface area contributed by atoms with Crippen LogP contribution in [0.1, 0.15) is 107 Å². The minimum absolute atomic E-state index is 0.0116. The highest BCUT2D eigenvalue weighted by Crippen LogP contribution is 2.26. The van der Waals surface area contributed by atoms with Crippen molar-refractivity contribution in [2.24, 2.45) is 16.8 Å². The Morgan fingerprint density at radius 3 is 1.73 bits per heavy atom. The normalized spacial score (nSPS) is 23.7. The van der Waals surface area contributed by atoms with E-state index >= 15 is 38.4 Å². The molecule has 0 aliphatic carbocycles. The minimum Gasteiger partial charge on any atom is -0.481 e. The van der Waals surface area contributed by atoms with Gasteiger partial charge in [0.25, 0.3) is 5.91 Å². The van der Waals surface area contributed by atoms with E-state index in [-0.39, 0.29) is 120 Å². The van der Waals surface area contributed by atoms with Gasteiger partial charge in [-0.3, -0.25) is 111 Å². The van der Waals surface area contributed by atoms with E-state index in [0.717, 1.165) is 35.3 Å². The number of benzene rings is 3. The maximum atomic E-state index is 15.5. The zero-order valence-electron chi connectivity index (χ0n) is 74.6. The van der Waals surface area contributed by atoms with Crippen LogP contribution in [0, 0.1) is 5.92 Å². The summed E-state index contributed by atoms with van der Waals surface area (Å²) in [5, 5.41) is 96.0. The molecule has 3 saturated heterocycles. The van der Waals surface area contributed by atoms with E-state index in [1.54, 1.807) is 62.4 Å². The zero-order valence-corrected chi connectivity index (χ0v) is 77.0. The van der Waals surface area contributed by atoms with Crippen LogP contribution in [0.25, 0.3) is 10.9 Å². The molecule has 12 atom stereocenters. The molecule has 4 aliphatic rings. The molecule has 5 heterocycles. The van der Waals surface area contributed by atoms with Crippen LogP contribution in [-0.4, -0.2) is 356 Å². The van der Waals surface area contributed by atoms with E-state index in [1.807, 2.05) is 0 Å². The molecule has 1 aromatic heterocycles. The number of carboxylic acid groups (broad SMARTS) is 5. The maximum Gasteiger partial charge on any atom is 0.317 e. The van der Waals surface area contributed by atoms with Gasteiger partial charge in [-0.25, -0.2) is 13.6 Å². The number of amides is 14. The lowest BCUT2D eigenvalue weighted by atomic mass is 9.99. The Hall–Kier alpha value is -12.5. The molecule has 23 N–H and O–H groups in total. The number of carbonyl (C=O) groups is 19. The fourth-order valence-corrected chi connectivity index (χ4v) is 17.9. The number of aromatic nitrogens is 1. The highest BCUT2D eigenvalue weighted by Gasteiger charge is 2.43. The van der Waals surface area contributed by atoms with E-state index in [0.29, 0.717) is 27.6 Å². The molecule has 0 unspecified atom stereocenters. The Kier molecular flexibility index (Phi) is 41.9. The summed E-state index contributed by atoms with van der Waals surface area (Å²) in [6.45, 7) is 0.613. The van der Waals surface area contributed by atoms with E-state index in [9.17, 15) is 91.8 Å². The van der Waals surface area contributed by atoms with E-state index in [1.165, 1.54) is 50.1 Å². The van der Waals surface area contributed by atoms with Crippen LogP contribution >= 0.6 is 23.5 Å². The lowest BCUT2D eigenvalue weighted by molar-refractivity contribution is -0.145. The summed E-state index contributed by atoms with van der Waals surface area (Å²) in [5.74, 6) is -24.0. The molecule has 0 radical (unpaired) electrons. The van der Waals surface area contributed by atoms with Gasteiger partial charge in [0.15, 0.2) is 5.37 Å². The zero-order chi connectivity index (χ0) is 98.9. The summed E-state index contributed by atoms with van der Waals surface area (Å²) in [7, 11) is -3.96. The Bertz CT molecular complexity index is 5050. The van der Waals surface area contributed by atoms with Gasteiger partial charge in [0.2, 0.25) is 86.8 Å². The molecule has 4 bridgehead atoms. The number of primary amides is 1. The number of sulfonamides is 1. The number of carbonyl (C=O) groups excluding carboxylic acids is 14. The van der Waals surface area contributed by atoms with Crippen LogP contribution < -0.4 is 74.7 Å². The van der Waals surface area contributed by atoms with Crippen LogP contribution in [0.15, 0.2) is 79.0 Å². The maximum absolute atomic E-state index is 15.5. The largest absolute Gasteiger partial charge is 0.481 e. The lowest BCUT2D eigenvalue weighted by Crippen LogP contribution is -2.63. The van der Waals surface area contributed by atoms with Crippen molar-refractivity contribution in [3.8, 4) is 0 Å². The molecule has 3 aromatic carbocycles. The molecule has 50 heteroatoms. The summed E-state index contributed by atoms with van der Waals surface area (Å²) in [6, 6.07) is 0.434. The summed E-state index contributed by atoms with van der Waals surface area (Å²) < 4.78 is 23.4. The van der Waals surface area contributed by atoms with Gasteiger partial charge in [0.1, 0.15) is 60.4 Å². The molecule has 14 amide bonds. The number of primary sulfonamides is 1. The van der Waals surface area contributed by atoms with Gasteiger partial charge in [-0.05, 0) is 91.8 Å². The molecule has 8 rings (SSSR count). The molecule has 0 spiro atoms. The third kappa shape index (κ3) is 36.4. The topological polar surface area (TPSA) is 708 Å². The lowest BCUT2D eigenvalue weighted by Gasteiger charge is -2.33. The van der Waals surface area contributed by atoms with Gasteiger partial charge < -0.3 is 110 Å². The number of hydrogen-bond donors (Lipinski definition) is 21. The molecule has 4 aliphatic heterocycles. The summed E-state index contributed by atoms with van der Waals surface area (Å²) in [4.78, 5) is 280. The molecular weight excluding hydrogens is 1830 g/mol. The molecule has 4 aromatic rings. The van der Waals surface area contributed by atoms with Crippen molar-refractivity contribution < 1.29 is 130 Å². The Morgan fingerprint density at radius 1 is 0.548 bits per heavy atom. The third-order valence-corrected chi connectivity index (χ3v) is 25.4. The van der Waals surface area contributed by atoms with Crippen LogP contribution in [0.5, 0.6) is 0 Å². The standard InChI is InChI=1S/C85H118N20O27S3/c1-47(2)32-58-79(125)99-73(48(3)106)82(128)96-60(36-52-38-88-55-15-5-4-14-54(52)55)77(123)97-62-39-89-65(107)20-18-56(91-67(109)40-101-23-25-102(41-70(114)115)27-29-104(43-72(118)119)30-28-103(26-24-101)42-71(116)117)75(121)100-84(134-45-51-12-6-11-50(33-51)44-133-46-63(74(86)120)98-80(62)126)83(129)92-57(19-21-68(110)111)85(130)105-22-8-16-64(105)81(127)95-61(37-69(112)113)78(124)94-59(76(122)93-58)35-49-10-7-13-53(34-49)90-66(108)17-9-31-135(87,131)132/h4-7,10-15,33-34,38,47-48,56-64,73,84,88,106H,8-9,16-32,35-37,39-46H2,1-3H3,(H2,86,120)(H,89,107)(H,90,108)(H,91,109)(H,92,129)(H,93,122)(H,94,124)(H,95,127)(H,96,128)(H,97,123)(H,98,126)(H,99,125)(H,100,121)(H,110,111)(H,112,113)(H,114,115)(H,116,117)(H,118,119)(H2,87,131,132)/t48-,56+,57+,58+,59+,60+,61+,62+,63+,64-,73+,84+/m1/s1. The van der Waals surface area contributed by atoms with Crippen molar-refractivity contribution in [1.82, 2.24) is 88.0 Å². The van der Waals surface area contributed by atoms with E-state index < -0.39 is 284 Å². The van der Waals surface area contributed by atoms with Crippen LogP contribution in [0.2, 0.25) is 0 Å². The Balaban J connectivity index is 1.26. The number of fused-ring (bicyclic) bond motifs is 13. The number of H-pyrrole nitrogens is 1. The van der Waals surface area contributed by atoms with Crippen molar-refractivity contribution >= 4 is 163 Å². The second kappa shape index (κ2) is 52.4. The van der Waals surface area contributed by atoms with Gasteiger partial charge in [-0.1, -0.05) is 68.4 Å². The number of aliphatic hydroxyl groups is 1. The van der Waals surface area contributed by atoms with Crippen LogP contribution in [-0.2, 0) is 125 Å². The number of anilines is 1. The number of aliphatic hydroxyl groups excluding tert-OH is 1. The number of thioether (sulfide) groups is 2. The molecule has 738 valence electrons. The predicted molar refractivity (Wildman–Crippen MR) is 486 cm³/mol. The number of rotatable bonds is 27.